The number of halogens is 2. The highest BCUT2D eigenvalue weighted by molar-refractivity contribution is 7.92. The van der Waals surface area contributed by atoms with Crippen molar-refractivity contribution in [3.63, 3.8) is 0 Å². The third-order valence-corrected chi connectivity index (χ3v) is 11.7. The second-order valence-electron chi connectivity index (χ2n) is 13.7. The van der Waals surface area contributed by atoms with Crippen LogP contribution in [0.15, 0.2) is 66.7 Å². The first-order valence-corrected chi connectivity index (χ1v) is 18.8. The third-order valence-electron chi connectivity index (χ3n) is 10.8. The maximum Gasteiger partial charge on any atom is 0.255 e. The lowest BCUT2D eigenvalue weighted by Gasteiger charge is -2.45. The van der Waals surface area contributed by atoms with Crippen LogP contribution < -0.4 is 4.72 Å². The summed E-state index contributed by atoms with van der Waals surface area (Å²) in [7, 11) is -3.47. The number of piperidine rings is 2. The van der Waals surface area contributed by atoms with Crippen LogP contribution in [0.5, 0.6) is 0 Å². The van der Waals surface area contributed by atoms with E-state index in [0.717, 1.165) is 61.8 Å². The van der Waals surface area contributed by atoms with Gasteiger partial charge in [-0.3, -0.25) is 14.4 Å². The second kappa shape index (κ2) is 12.5. The molecule has 3 aromatic carbocycles. The van der Waals surface area contributed by atoms with Gasteiger partial charge >= 0.3 is 0 Å². The molecule has 1 aromatic heterocycles. The summed E-state index contributed by atoms with van der Waals surface area (Å²) in [5, 5.41) is 0.198. The predicted octanol–water partition coefficient (Wildman–Crippen LogP) is 6.94. The van der Waals surface area contributed by atoms with E-state index in [1.54, 1.807) is 24.3 Å². The summed E-state index contributed by atoms with van der Waals surface area (Å²) in [5.74, 6) is 0.660. The van der Waals surface area contributed by atoms with Crippen molar-refractivity contribution in [3.8, 4) is 0 Å². The van der Waals surface area contributed by atoms with Crippen molar-refractivity contribution >= 4 is 44.3 Å². The van der Waals surface area contributed by atoms with Crippen molar-refractivity contribution in [2.75, 3.05) is 30.6 Å². The molecule has 0 aliphatic carbocycles. The molecule has 1 N–H and O–H groups in total. The van der Waals surface area contributed by atoms with Crippen LogP contribution in [0.2, 0.25) is 5.02 Å². The Hall–Kier alpha value is -3.47. The average molecular weight is 678 g/mol. The Kier molecular flexibility index (Phi) is 8.55. The van der Waals surface area contributed by atoms with Gasteiger partial charge in [-0.1, -0.05) is 35.9 Å². The lowest BCUT2D eigenvalue weighted by molar-refractivity contribution is 0.0606. The van der Waals surface area contributed by atoms with E-state index >= 15 is 0 Å². The number of nitrogens with zero attached hydrogens (tertiary/aromatic N) is 4. The number of hydrogen-bond donors (Lipinski definition) is 1. The fourth-order valence-corrected chi connectivity index (χ4v) is 9.38. The van der Waals surface area contributed by atoms with Crippen molar-refractivity contribution in [2.24, 2.45) is 0 Å². The summed E-state index contributed by atoms with van der Waals surface area (Å²) in [6.07, 6.45) is 8.01. The largest absolute Gasteiger partial charge is 0.339 e. The van der Waals surface area contributed by atoms with Crippen LogP contribution in [0.25, 0.3) is 11.0 Å². The smallest absolute Gasteiger partial charge is 0.255 e. The van der Waals surface area contributed by atoms with Gasteiger partial charge in [-0.2, -0.15) is 0 Å². The molecule has 3 aliphatic heterocycles. The minimum atomic E-state index is -3.47. The molecule has 248 valence electrons. The minimum absolute atomic E-state index is 0.184. The van der Waals surface area contributed by atoms with Crippen molar-refractivity contribution in [2.45, 2.75) is 75.4 Å². The lowest BCUT2D eigenvalue weighted by Crippen LogP contribution is -2.49. The van der Waals surface area contributed by atoms with Gasteiger partial charge in [-0.25, -0.2) is 17.8 Å². The first-order valence-electron chi connectivity index (χ1n) is 16.5. The number of benzene rings is 3. The van der Waals surface area contributed by atoms with Crippen LogP contribution in [0.4, 0.5) is 10.1 Å². The molecule has 47 heavy (non-hydrogen) atoms. The zero-order chi connectivity index (χ0) is 32.9. The molecule has 3 saturated heterocycles. The van der Waals surface area contributed by atoms with Crippen LogP contribution in [-0.2, 0) is 15.4 Å². The molecule has 3 atom stereocenters. The Bertz CT molecular complexity index is 1910. The summed E-state index contributed by atoms with van der Waals surface area (Å²) in [5.41, 5.74) is 3.68. The molecule has 0 radical (unpaired) electrons. The molecule has 1 unspecified atom stereocenters. The van der Waals surface area contributed by atoms with Crippen LogP contribution >= 0.6 is 11.6 Å². The summed E-state index contributed by atoms with van der Waals surface area (Å²) < 4.78 is 42.7. The number of imidazole rings is 1. The molecule has 11 heteroatoms. The standard InChI is InChI=1S/C36H41ClFN5O3S/c1-24-39-33-8-3-4-9-34(33)43(24)30-22-28-11-12-29(23-30)42(28)19-16-36(25-6-5-7-26(38)20-25)14-17-41(18-15-36)35(44)31-13-10-27(21-32(31)37)40-47(2,45)46/h3-10,13,20-21,28-30,40H,11-12,14-19,22-23H2,1-2H3/t28-,29+,30?. The van der Waals surface area contributed by atoms with Crippen molar-refractivity contribution in [1.29, 1.82) is 0 Å². The maximum atomic E-state index is 14.6. The third kappa shape index (κ3) is 6.39. The highest BCUT2D eigenvalue weighted by Crippen LogP contribution is 2.45. The minimum Gasteiger partial charge on any atom is -0.339 e. The Morgan fingerprint density at radius 1 is 1.00 bits per heavy atom. The topological polar surface area (TPSA) is 87.5 Å². The van der Waals surface area contributed by atoms with E-state index in [2.05, 4.69) is 39.3 Å². The van der Waals surface area contributed by atoms with Gasteiger partial charge in [0.1, 0.15) is 11.6 Å². The highest BCUT2D eigenvalue weighted by atomic mass is 35.5. The molecule has 3 fully saturated rings. The summed E-state index contributed by atoms with van der Waals surface area (Å²) in [6.45, 7) is 4.11. The number of nitrogens with one attached hydrogen (secondary N) is 1. The molecule has 0 spiro atoms. The first-order chi connectivity index (χ1) is 22.5. The fourth-order valence-electron chi connectivity index (χ4n) is 8.57. The van der Waals surface area contributed by atoms with E-state index < -0.39 is 10.0 Å². The molecule has 4 aromatic rings. The Morgan fingerprint density at radius 3 is 2.40 bits per heavy atom. The number of aryl methyl sites for hydroxylation is 1. The van der Waals surface area contributed by atoms with Crippen LogP contribution in [0, 0.1) is 12.7 Å². The first kappa shape index (κ1) is 32.1. The van der Waals surface area contributed by atoms with Gasteiger partial charge in [0.05, 0.1) is 27.9 Å². The van der Waals surface area contributed by atoms with E-state index in [9.17, 15) is 17.6 Å². The SMILES string of the molecule is Cc1nc2ccccc2n1C1C[C@H]2CC[C@@H](C1)N2CCC1(c2cccc(F)c2)CCN(C(=O)c2ccc(NS(C)(=O)=O)cc2Cl)CC1. The monoisotopic (exact) mass is 677 g/mol. The van der Waals surface area contributed by atoms with E-state index in [1.807, 2.05) is 17.0 Å². The van der Waals surface area contributed by atoms with Gasteiger partial charge < -0.3 is 9.47 Å². The number of likely N-dealkylation sites (tertiary alicyclic amines) is 1. The van der Waals surface area contributed by atoms with Crippen molar-refractivity contribution < 1.29 is 17.6 Å². The molecule has 0 saturated carbocycles. The zero-order valence-electron chi connectivity index (χ0n) is 26.8. The van der Waals surface area contributed by atoms with E-state index in [1.165, 1.54) is 30.5 Å². The van der Waals surface area contributed by atoms with E-state index in [4.69, 9.17) is 16.6 Å². The molecule has 3 aliphatic rings. The maximum absolute atomic E-state index is 14.6. The normalized spacial score (nSPS) is 22.9. The number of fused-ring (bicyclic) bond motifs is 3. The van der Waals surface area contributed by atoms with Crippen LogP contribution in [0.1, 0.15) is 72.7 Å². The quantitative estimate of drug-likeness (QED) is 0.218. The lowest BCUT2D eigenvalue weighted by atomic mass is 9.70. The summed E-state index contributed by atoms with van der Waals surface area (Å²) >= 11 is 6.46. The van der Waals surface area contributed by atoms with Gasteiger partial charge in [0.25, 0.3) is 5.91 Å². The fraction of sp³-hybridized carbons (Fsp3) is 0.444. The molecule has 2 bridgehead atoms. The van der Waals surface area contributed by atoms with Gasteiger partial charge in [0, 0.05) is 36.9 Å². The summed E-state index contributed by atoms with van der Waals surface area (Å²) in [6, 6.07) is 21.5. The number of sulfonamides is 1. The van der Waals surface area contributed by atoms with Crippen molar-refractivity contribution in [3.05, 3.63) is 94.5 Å². The van der Waals surface area contributed by atoms with E-state index in [-0.39, 0.29) is 22.2 Å². The van der Waals surface area contributed by atoms with Gasteiger partial charge in [-0.15, -0.1) is 0 Å². The number of carbonyl (C=O) groups is 1. The predicted molar refractivity (Wildman–Crippen MR) is 184 cm³/mol. The number of hydrogen-bond acceptors (Lipinski definition) is 5. The average Bonchev–Trinajstić information content (AvgIpc) is 3.49. The number of carbonyl (C=O) groups excluding carboxylic acids is 1. The molecular weight excluding hydrogens is 637 g/mol. The van der Waals surface area contributed by atoms with Crippen LogP contribution in [-0.4, -0.2) is 71.6 Å². The molecule has 8 nitrogen and oxygen atoms in total. The Labute approximate surface area is 281 Å². The number of amides is 1. The van der Waals surface area contributed by atoms with Crippen molar-refractivity contribution in [1.82, 2.24) is 19.4 Å². The summed E-state index contributed by atoms with van der Waals surface area (Å²) in [4.78, 5) is 23.0. The molecule has 4 heterocycles. The van der Waals surface area contributed by atoms with E-state index in [0.29, 0.717) is 42.5 Å². The second-order valence-corrected chi connectivity index (χ2v) is 15.8. The molecule has 7 rings (SSSR count). The van der Waals surface area contributed by atoms with Gasteiger partial charge in [0.15, 0.2) is 0 Å². The number of aromatic nitrogens is 2. The van der Waals surface area contributed by atoms with Gasteiger partial charge in [0.2, 0.25) is 10.0 Å². The molecular formula is C36H41ClFN5O3S. The highest BCUT2D eigenvalue weighted by Gasteiger charge is 2.44. The molecule has 1 amide bonds. The number of anilines is 1. The van der Waals surface area contributed by atoms with Crippen LogP contribution in [0.3, 0.4) is 0 Å². The number of rotatable bonds is 8. The zero-order valence-corrected chi connectivity index (χ0v) is 28.4. The Balaban J connectivity index is 1.06. The number of para-hydroxylation sites is 2. The Morgan fingerprint density at radius 2 is 1.72 bits per heavy atom. The van der Waals surface area contributed by atoms with Gasteiger partial charge in [-0.05, 0) is 112 Å².